The van der Waals surface area contributed by atoms with Crippen molar-refractivity contribution in [3.63, 3.8) is 0 Å². The summed E-state index contributed by atoms with van der Waals surface area (Å²) in [5, 5.41) is 17.5. The fourth-order valence-electron chi connectivity index (χ4n) is 2.24. The molecule has 1 aromatic rings. The third-order valence-electron chi connectivity index (χ3n) is 3.38. The van der Waals surface area contributed by atoms with Crippen molar-refractivity contribution in [2.24, 2.45) is 5.10 Å². The van der Waals surface area contributed by atoms with Gasteiger partial charge >= 0.3 is 6.18 Å². The predicted molar refractivity (Wildman–Crippen MR) is 67.3 cm³/mol. The van der Waals surface area contributed by atoms with Gasteiger partial charge in [-0.15, -0.1) is 0 Å². The van der Waals surface area contributed by atoms with Gasteiger partial charge in [0.1, 0.15) is 6.04 Å². The summed E-state index contributed by atoms with van der Waals surface area (Å²) in [7, 11) is 0. The number of aromatic nitrogens is 2. The summed E-state index contributed by atoms with van der Waals surface area (Å²) >= 11 is 0. The molecule has 1 amide bonds. The molecular weight excluding hydrogens is 289 g/mol. The monoisotopic (exact) mass is 304 g/mol. The zero-order chi connectivity index (χ0) is 16.0. The maximum absolute atomic E-state index is 13.1. The Bertz CT molecular complexity index is 596. The Morgan fingerprint density at radius 3 is 2.57 bits per heavy atom. The van der Waals surface area contributed by atoms with E-state index in [4.69, 9.17) is 0 Å². The number of halogens is 3. The molecule has 2 unspecified atom stereocenters. The Balaban J connectivity index is 2.35. The largest absolute Gasteiger partial charge is 0.438 e. The fourth-order valence-corrected chi connectivity index (χ4v) is 2.24. The molecule has 1 aliphatic rings. The molecule has 0 bridgehead atoms. The number of aryl methyl sites for hydroxylation is 1. The summed E-state index contributed by atoms with van der Waals surface area (Å²) in [6, 6.07) is 0.613. The van der Waals surface area contributed by atoms with Gasteiger partial charge in [-0.25, -0.2) is 0 Å². The highest BCUT2D eigenvalue weighted by Gasteiger charge is 2.63. The van der Waals surface area contributed by atoms with Crippen molar-refractivity contribution in [1.29, 1.82) is 0 Å². The molecule has 2 heterocycles. The van der Waals surface area contributed by atoms with Crippen LogP contribution in [0.1, 0.15) is 32.0 Å². The lowest BCUT2D eigenvalue weighted by atomic mass is 10.1. The Morgan fingerprint density at radius 1 is 1.48 bits per heavy atom. The summed E-state index contributed by atoms with van der Waals surface area (Å²) in [5.41, 5.74) is -2.65. The normalized spacial score (nSPS) is 24.1. The van der Waals surface area contributed by atoms with Gasteiger partial charge in [0, 0.05) is 24.0 Å². The van der Waals surface area contributed by atoms with Gasteiger partial charge in [0.2, 0.25) is 0 Å². The van der Waals surface area contributed by atoms with Crippen LogP contribution in [0.15, 0.2) is 17.4 Å². The molecule has 6 nitrogen and oxygen atoms in total. The summed E-state index contributed by atoms with van der Waals surface area (Å²) in [6.07, 6.45) is -4.32. The van der Waals surface area contributed by atoms with E-state index in [9.17, 15) is 23.1 Å². The van der Waals surface area contributed by atoms with Crippen molar-refractivity contribution < 1.29 is 23.1 Å². The highest BCUT2D eigenvalue weighted by atomic mass is 19.4. The van der Waals surface area contributed by atoms with Gasteiger partial charge in [-0.2, -0.15) is 28.4 Å². The fraction of sp³-hybridized carbons (Fsp3) is 0.583. The second-order valence-electron chi connectivity index (χ2n) is 5.07. The second-order valence-corrected chi connectivity index (χ2v) is 5.07. The first-order valence-corrected chi connectivity index (χ1v) is 6.25. The zero-order valence-corrected chi connectivity index (χ0v) is 11.7. The van der Waals surface area contributed by atoms with E-state index >= 15 is 0 Å². The van der Waals surface area contributed by atoms with Crippen molar-refractivity contribution in [3.8, 4) is 0 Å². The van der Waals surface area contributed by atoms with Crippen LogP contribution in [0.5, 0.6) is 0 Å². The molecule has 0 fully saturated rings. The summed E-state index contributed by atoms with van der Waals surface area (Å²) < 4.78 is 40.5. The van der Waals surface area contributed by atoms with E-state index in [1.165, 1.54) is 24.7 Å². The quantitative estimate of drug-likeness (QED) is 0.902. The molecule has 2 atom stereocenters. The number of aliphatic hydroxyl groups is 1. The Morgan fingerprint density at radius 2 is 2.10 bits per heavy atom. The average Bonchev–Trinajstić information content (AvgIpc) is 2.91. The lowest BCUT2D eigenvalue weighted by molar-refractivity contribution is -0.303. The van der Waals surface area contributed by atoms with Gasteiger partial charge in [0.25, 0.3) is 11.6 Å². The summed E-state index contributed by atoms with van der Waals surface area (Å²) in [4.78, 5) is 12.3. The number of carbonyl (C=O) groups excluding carboxylic acids is 1. The van der Waals surface area contributed by atoms with Gasteiger partial charge in [-0.3, -0.25) is 9.48 Å². The average molecular weight is 304 g/mol. The smallest absolute Gasteiger partial charge is 0.362 e. The van der Waals surface area contributed by atoms with Crippen LogP contribution >= 0.6 is 0 Å². The minimum absolute atomic E-state index is 0.0348. The van der Waals surface area contributed by atoms with E-state index in [0.717, 1.165) is 0 Å². The van der Waals surface area contributed by atoms with Crippen molar-refractivity contribution in [3.05, 3.63) is 18.0 Å². The maximum atomic E-state index is 13.1. The molecule has 1 aromatic heterocycles. The van der Waals surface area contributed by atoms with E-state index in [0.29, 0.717) is 5.69 Å². The van der Waals surface area contributed by atoms with E-state index in [1.807, 2.05) is 0 Å². The van der Waals surface area contributed by atoms with Gasteiger partial charge in [0.15, 0.2) is 0 Å². The topological polar surface area (TPSA) is 70.7 Å². The molecule has 2 rings (SSSR count). The lowest BCUT2D eigenvalue weighted by Gasteiger charge is -2.34. The molecule has 0 saturated carbocycles. The van der Waals surface area contributed by atoms with Crippen LogP contribution in [0.2, 0.25) is 0 Å². The molecule has 9 heteroatoms. The SMILES string of the molecule is CC1=NN(C(=O)C(C)n2nccc2C)C(O)(C(F)(F)F)C1. The van der Waals surface area contributed by atoms with Crippen LogP contribution in [0.3, 0.4) is 0 Å². The van der Waals surface area contributed by atoms with Crippen molar-refractivity contribution in [2.75, 3.05) is 0 Å². The van der Waals surface area contributed by atoms with Crippen LogP contribution in [0.4, 0.5) is 13.2 Å². The molecule has 0 aliphatic carbocycles. The number of carbonyl (C=O) groups is 1. The van der Waals surface area contributed by atoms with Crippen molar-refractivity contribution in [2.45, 2.75) is 45.1 Å². The van der Waals surface area contributed by atoms with E-state index in [-0.39, 0.29) is 10.7 Å². The van der Waals surface area contributed by atoms with Gasteiger partial charge < -0.3 is 5.11 Å². The first-order valence-electron chi connectivity index (χ1n) is 6.25. The van der Waals surface area contributed by atoms with E-state index in [1.54, 1.807) is 13.0 Å². The molecule has 0 radical (unpaired) electrons. The third-order valence-corrected chi connectivity index (χ3v) is 3.38. The Labute approximate surface area is 118 Å². The number of alkyl halides is 3. The third kappa shape index (κ3) is 2.41. The summed E-state index contributed by atoms with van der Waals surface area (Å²) in [5.74, 6) is -0.974. The van der Waals surface area contributed by atoms with Crippen molar-refractivity contribution >= 4 is 11.6 Å². The van der Waals surface area contributed by atoms with Crippen LogP contribution < -0.4 is 0 Å². The van der Waals surface area contributed by atoms with Crippen LogP contribution in [0, 0.1) is 6.92 Å². The van der Waals surface area contributed by atoms with E-state index in [2.05, 4.69) is 10.2 Å². The number of hydrogen-bond donors (Lipinski definition) is 1. The van der Waals surface area contributed by atoms with Crippen molar-refractivity contribution in [1.82, 2.24) is 14.8 Å². The zero-order valence-electron chi connectivity index (χ0n) is 11.7. The first-order chi connectivity index (χ1) is 9.58. The van der Waals surface area contributed by atoms with Gasteiger partial charge in [0.05, 0.1) is 0 Å². The Kier molecular flexibility index (Phi) is 3.56. The highest BCUT2D eigenvalue weighted by molar-refractivity contribution is 5.90. The molecule has 1 aliphatic heterocycles. The van der Waals surface area contributed by atoms with E-state index < -0.39 is 30.3 Å². The molecule has 1 N–H and O–H groups in total. The first kappa shape index (κ1) is 15.5. The minimum Gasteiger partial charge on any atom is -0.362 e. The number of nitrogens with zero attached hydrogens (tertiary/aromatic N) is 4. The van der Waals surface area contributed by atoms with Gasteiger partial charge in [-0.1, -0.05) is 0 Å². The molecule has 116 valence electrons. The molecular formula is C12H15F3N4O2. The number of hydrazone groups is 1. The lowest BCUT2D eigenvalue weighted by Crippen LogP contribution is -2.57. The highest BCUT2D eigenvalue weighted by Crippen LogP contribution is 2.41. The molecule has 0 saturated heterocycles. The predicted octanol–water partition coefficient (Wildman–Crippen LogP) is 1.61. The molecule has 0 spiro atoms. The van der Waals surface area contributed by atoms with Crippen LogP contribution in [-0.2, 0) is 4.79 Å². The molecule has 21 heavy (non-hydrogen) atoms. The number of hydrogen-bond acceptors (Lipinski definition) is 4. The minimum atomic E-state index is -5.00. The summed E-state index contributed by atoms with van der Waals surface area (Å²) in [6.45, 7) is 4.40. The molecule has 0 aromatic carbocycles. The number of rotatable bonds is 2. The Hall–Kier alpha value is -1.90. The van der Waals surface area contributed by atoms with Crippen LogP contribution in [0.25, 0.3) is 0 Å². The number of amides is 1. The second kappa shape index (κ2) is 4.83. The van der Waals surface area contributed by atoms with Gasteiger partial charge in [-0.05, 0) is 26.8 Å². The van der Waals surface area contributed by atoms with Crippen LogP contribution in [-0.4, -0.2) is 43.4 Å². The maximum Gasteiger partial charge on any atom is 0.438 e. The standard InChI is InChI=1S/C12H15F3N4O2/c1-7-6-11(21,12(13,14)15)19(17-7)10(20)9(3)18-8(2)4-5-16-18/h4-5,9,21H,6H2,1-3H3.